The van der Waals surface area contributed by atoms with E-state index in [1.165, 1.54) is 5.56 Å². The van der Waals surface area contributed by atoms with Crippen molar-refractivity contribution >= 4 is 11.6 Å². The SMILES string of the molecule is CCCC(N)CC(=O)Nc1ccc(C(C)C)cc1. The standard InChI is InChI=1S/C15H24N2O/c1-4-5-13(16)10-15(18)17-14-8-6-12(7-9-14)11(2)3/h6-9,11,13H,4-5,10,16H2,1-3H3,(H,17,18). The predicted molar refractivity (Wildman–Crippen MR) is 76.7 cm³/mol. The largest absolute Gasteiger partial charge is 0.327 e. The first-order valence-corrected chi connectivity index (χ1v) is 6.68. The van der Waals surface area contributed by atoms with Crippen LogP contribution in [0.4, 0.5) is 5.69 Å². The topological polar surface area (TPSA) is 55.1 Å². The zero-order valence-electron chi connectivity index (χ0n) is 11.6. The Kier molecular flexibility index (Phi) is 5.86. The van der Waals surface area contributed by atoms with E-state index in [0.29, 0.717) is 12.3 Å². The number of benzene rings is 1. The van der Waals surface area contributed by atoms with Crippen molar-refractivity contribution in [2.45, 2.75) is 52.0 Å². The maximum atomic E-state index is 11.7. The van der Waals surface area contributed by atoms with Crippen LogP contribution in [0.3, 0.4) is 0 Å². The van der Waals surface area contributed by atoms with E-state index in [-0.39, 0.29) is 11.9 Å². The minimum absolute atomic E-state index is 0.00625. The molecule has 1 aromatic rings. The van der Waals surface area contributed by atoms with Gasteiger partial charge in [0, 0.05) is 18.2 Å². The minimum Gasteiger partial charge on any atom is -0.327 e. The molecule has 0 fully saturated rings. The zero-order chi connectivity index (χ0) is 13.5. The summed E-state index contributed by atoms with van der Waals surface area (Å²) >= 11 is 0. The molecule has 1 atom stereocenters. The Bertz CT molecular complexity index is 371. The molecular formula is C15H24N2O. The van der Waals surface area contributed by atoms with Gasteiger partial charge in [0.15, 0.2) is 0 Å². The van der Waals surface area contributed by atoms with Crippen LogP contribution in [0.2, 0.25) is 0 Å². The molecule has 100 valence electrons. The van der Waals surface area contributed by atoms with Crippen molar-refractivity contribution in [1.29, 1.82) is 0 Å². The van der Waals surface area contributed by atoms with E-state index in [4.69, 9.17) is 5.73 Å². The molecule has 0 heterocycles. The third-order valence-corrected chi connectivity index (χ3v) is 2.97. The van der Waals surface area contributed by atoms with Gasteiger partial charge in [0.2, 0.25) is 5.91 Å². The number of anilines is 1. The Labute approximate surface area is 110 Å². The van der Waals surface area contributed by atoms with Crippen molar-refractivity contribution in [3.05, 3.63) is 29.8 Å². The quantitative estimate of drug-likeness (QED) is 0.811. The van der Waals surface area contributed by atoms with Gasteiger partial charge in [0.1, 0.15) is 0 Å². The van der Waals surface area contributed by atoms with Crippen LogP contribution in [0.15, 0.2) is 24.3 Å². The van der Waals surface area contributed by atoms with Crippen LogP contribution in [-0.2, 0) is 4.79 Å². The predicted octanol–water partition coefficient (Wildman–Crippen LogP) is 3.27. The fourth-order valence-corrected chi connectivity index (χ4v) is 1.87. The molecule has 0 bridgehead atoms. The highest BCUT2D eigenvalue weighted by molar-refractivity contribution is 5.91. The smallest absolute Gasteiger partial charge is 0.225 e. The van der Waals surface area contributed by atoms with Gasteiger partial charge >= 0.3 is 0 Å². The van der Waals surface area contributed by atoms with E-state index < -0.39 is 0 Å². The van der Waals surface area contributed by atoms with Gasteiger partial charge in [-0.3, -0.25) is 4.79 Å². The number of nitrogens with one attached hydrogen (secondary N) is 1. The molecule has 0 saturated heterocycles. The first-order chi connectivity index (χ1) is 8.52. The van der Waals surface area contributed by atoms with E-state index in [0.717, 1.165) is 18.5 Å². The van der Waals surface area contributed by atoms with Crippen molar-refractivity contribution in [2.75, 3.05) is 5.32 Å². The third-order valence-electron chi connectivity index (χ3n) is 2.97. The van der Waals surface area contributed by atoms with Gasteiger partial charge in [0.05, 0.1) is 0 Å². The van der Waals surface area contributed by atoms with E-state index >= 15 is 0 Å². The van der Waals surface area contributed by atoms with Crippen LogP contribution < -0.4 is 11.1 Å². The van der Waals surface area contributed by atoms with Crippen LogP contribution >= 0.6 is 0 Å². The molecule has 0 aliphatic heterocycles. The van der Waals surface area contributed by atoms with Gasteiger partial charge in [-0.1, -0.05) is 39.3 Å². The zero-order valence-corrected chi connectivity index (χ0v) is 11.6. The fraction of sp³-hybridized carbons (Fsp3) is 0.533. The fourth-order valence-electron chi connectivity index (χ4n) is 1.87. The number of nitrogens with two attached hydrogens (primary N) is 1. The van der Waals surface area contributed by atoms with Gasteiger partial charge < -0.3 is 11.1 Å². The summed E-state index contributed by atoms with van der Waals surface area (Å²) in [5, 5.41) is 2.88. The van der Waals surface area contributed by atoms with Crippen molar-refractivity contribution in [3.63, 3.8) is 0 Å². The third kappa shape index (κ3) is 4.88. The van der Waals surface area contributed by atoms with Gasteiger partial charge in [-0.25, -0.2) is 0 Å². The second kappa shape index (κ2) is 7.17. The van der Waals surface area contributed by atoms with E-state index in [2.05, 4.69) is 26.1 Å². The molecule has 1 amide bonds. The number of carbonyl (C=O) groups excluding carboxylic acids is 1. The lowest BCUT2D eigenvalue weighted by Gasteiger charge is -2.11. The summed E-state index contributed by atoms with van der Waals surface area (Å²) in [7, 11) is 0. The molecular weight excluding hydrogens is 224 g/mol. The number of carbonyl (C=O) groups is 1. The molecule has 0 aromatic heterocycles. The summed E-state index contributed by atoms with van der Waals surface area (Å²) in [6.45, 7) is 6.37. The molecule has 0 saturated carbocycles. The summed E-state index contributed by atoms with van der Waals surface area (Å²) in [5.41, 5.74) is 7.96. The van der Waals surface area contributed by atoms with Gasteiger partial charge in [-0.05, 0) is 30.0 Å². The molecule has 3 N–H and O–H groups in total. The van der Waals surface area contributed by atoms with Crippen molar-refractivity contribution in [1.82, 2.24) is 0 Å². The lowest BCUT2D eigenvalue weighted by atomic mass is 10.0. The first-order valence-electron chi connectivity index (χ1n) is 6.68. The van der Waals surface area contributed by atoms with Crippen LogP contribution in [0, 0.1) is 0 Å². The molecule has 1 aromatic carbocycles. The lowest BCUT2D eigenvalue weighted by Crippen LogP contribution is -2.26. The molecule has 1 rings (SSSR count). The number of hydrogen-bond acceptors (Lipinski definition) is 2. The summed E-state index contributed by atoms with van der Waals surface area (Å²) in [4.78, 5) is 11.7. The van der Waals surface area contributed by atoms with Gasteiger partial charge in [-0.2, -0.15) is 0 Å². The summed E-state index contributed by atoms with van der Waals surface area (Å²) < 4.78 is 0. The number of rotatable bonds is 6. The van der Waals surface area contributed by atoms with Crippen LogP contribution in [0.5, 0.6) is 0 Å². The summed E-state index contributed by atoms with van der Waals surface area (Å²) in [6.07, 6.45) is 2.29. The highest BCUT2D eigenvalue weighted by Crippen LogP contribution is 2.17. The molecule has 1 unspecified atom stereocenters. The van der Waals surface area contributed by atoms with Crippen LogP contribution in [0.1, 0.15) is 51.5 Å². The van der Waals surface area contributed by atoms with Crippen LogP contribution in [0.25, 0.3) is 0 Å². The normalized spacial score (nSPS) is 12.5. The second-order valence-electron chi connectivity index (χ2n) is 5.08. The average Bonchev–Trinajstić information content (AvgIpc) is 2.29. The van der Waals surface area contributed by atoms with E-state index in [1.807, 2.05) is 24.3 Å². The van der Waals surface area contributed by atoms with Gasteiger partial charge in [0.25, 0.3) is 0 Å². The average molecular weight is 248 g/mol. The summed E-state index contributed by atoms with van der Waals surface area (Å²) in [5.74, 6) is 0.501. The second-order valence-corrected chi connectivity index (χ2v) is 5.08. The van der Waals surface area contributed by atoms with Crippen LogP contribution in [-0.4, -0.2) is 11.9 Å². The molecule has 18 heavy (non-hydrogen) atoms. The molecule has 0 aliphatic carbocycles. The molecule has 0 spiro atoms. The maximum Gasteiger partial charge on any atom is 0.225 e. The number of hydrogen-bond donors (Lipinski definition) is 2. The van der Waals surface area contributed by atoms with Crippen molar-refractivity contribution < 1.29 is 4.79 Å². The Morgan fingerprint density at radius 2 is 1.89 bits per heavy atom. The van der Waals surface area contributed by atoms with Crippen molar-refractivity contribution in [2.24, 2.45) is 5.73 Å². The lowest BCUT2D eigenvalue weighted by molar-refractivity contribution is -0.116. The Balaban J connectivity index is 2.49. The Morgan fingerprint density at radius 3 is 2.39 bits per heavy atom. The van der Waals surface area contributed by atoms with Gasteiger partial charge in [-0.15, -0.1) is 0 Å². The Hall–Kier alpha value is -1.35. The monoisotopic (exact) mass is 248 g/mol. The highest BCUT2D eigenvalue weighted by atomic mass is 16.1. The maximum absolute atomic E-state index is 11.7. The molecule has 3 nitrogen and oxygen atoms in total. The van der Waals surface area contributed by atoms with Crippen molar-refractivity contribution in [3.8, 4) is 0 Å². The summed E-state index contributed by atoms with van der Waals surface area (Å²) in [6, 6.07) is 7.94. The molecule has 0 aliphatic rings. The Morgan fingerprint density at radius 1 is 1.28 bits per heavy atom. The van der Waals surface area contributed by atoms with E-state index in [9.17, 15) is 4.79 Å². The molecule has 3 heteroatoms. The highest BCUT2D eigenvalue weighted by Gasteiger charge is 2.09. The van der Waals surface area contributed by atoms with E-state index in [1.54, 1.807) is 0 Å². The first kappa shape index (κ1) is 14.7. The number of amides is 1. The molecule has 0 radical (unpaired) electrons. The minimum atomic E-state index is -0.0371.